The molecule has 5 aliphatic carbocycles. The van der Waals surface area contributed by atoms with Gasteiger partial charge in [0.1, 0.15) is 0 Å². The Bertz CT molecular complexity index is 1590. The van der Waals surface area contributed by atoms with Gasteiger partial charge in [-0.15, -0.1) is 0 Å². The number of hydrogen-bond acceptors (Lipinski definition) is 5. The van der Waals surface area contributed by atoms with Crippen molar-refractivity contribution in [2.45, 2.75) is 124 Å². The van der Waals surface area contributed by atoms with Gasteiger partial charge in [-0.1, -0.05) is 60.6 Å². The van der Waals surface area contributed by atoms with Crippen LogP contribution in [-0.2, 0) is 14.6 Å². The van der Waals surface area contributed by atoms with Gasteiger partial charge in [0.05, 0.1) is 23.6 Å². The van der Waals surface area contributed by atoms with Crippen molar-refractivity contribution in [1.29, 1.82) is 0 Å². The standard InChI is InChI=1S/C42H64N2O5S/c1-27(2)30-14-19-42(43-35(45)26-44-22-24-50(48,49)25-23-44)21-20-40(6)32(36(30)42)12-13-34-39(5)17-15-31(28-8-10-29(11-9-28)37(46)47)38(3,4)33(39)16-18-41(34,40)7/h8-11,27,30-34,36H,12-26H2,1-7H3,(H,43,45)(H,46,47)/t30-,31+,32+,33-,34+,36+,39-,40+,41+,42-/m0/s1. The van der Waals surface area contributed by atoms with E-state index in [4.69, 9.17) is 0 Å². The molecule has 0 radical (unpaired) electrons. The Labute approximate surface area is 302 Å². The van der Waals surface area contributed by atoms with Crippen LogP contribution >= 0.6 is 0 Å². The van der Waals surface area contributed by atoms with Crippen LogP contribution in [0, 0.1) is 57.2 Å². The van der Waals surface area contributed by atoms with E-state index in [1.807, 2.05) is 4.90 Å². The summed E-state index contributed by atoms with van der Waals surface area (Å²) in [7, 11) is -2.98. The smallest absolute Gasteiger partial charge is 0.335 e. The molecule has 7 nitrogen and oxygen atoms in total. The van der Waals surface area contributed by atoms with E-state index in [0.717, 1.165) is 25.7 Å². The predicted molar refractivity (Wildman–Crippen MR) is 199 cm³/mol. The number of amides is 1. The number of carboxylic acids is 1. The van der Waals surface area contributed by atoms with Gasteiger partial charge >= 0.3 is 5.97 Å². The molecular formula is C42H64N2O5S. The van der Waals surface area contributed by atoms with Crippen LogP contribution in [-0.4, -0.2) is 67.0 Å². The van der Waals surface area contributed by atoms with Gasteiger partial charge in [0, 0.05) is 18.6 Å². The topological polar surface area (TPSA) is 104 Å². The van der Waals surface area contributed by atoms with Crippen molar-refractivity contribution in [2.75, 3.05) is 31.1 Å². The van der Waals surface area contributed by atoms with Crippen molar-refractivity contribution in [2.24, 2.45) is 57.2 Å². The minimum atomic E-state index is -2.98. The highest BCUT2D eigenvalue weighted by atomic mass is 32.2. The van der Waals surface area contributed by atoms with E-state index in [-0.39, 0.29) is 44.6 Å². The molecule has 5 saturated carbocycles. The number of nitrogens with zero attached hydrogens (tertiary/aromatic N) is 1. The molecule has 0 bridgehead atoms. The molecule has 1 amide bonds. The Morgan fingerprint density at radius 1 is 0.840 bits per heavy atom. The van der Waals surface area contributed by atoms with Crippen molar-refractivity contribution in [3.05, 3.63) is 35.4 Å². The highest BCUT2D eigenvalue weighted by Crippen LogP contribution is 2.77. The molecule has 0 unspecified atom stereocenters. The van der Waals surface area contributed by atoms with Gasteiger partial charge in [0.2, 0.25) is 5.91 Å². The lowest BCUT2D eigenvalue weighted by atomic mass is 9.32. The quantitative estimate of drug-likeness (QED) is 0.313. The number of carbonyl (C=O) groups is 2. The Kier molecular flexibility index (Phi) is 8.97. The first-order valence-electron chi connectivity index (χ1n) is 19.9. The molecule has 1 aromatic rings. The number of sulfone groups is 1. The second-order valence-electron chi connectivity index (χ2n) is 19.6. The Morgan fingerprint density at radius 2 is 1.52 bits per heavy atom. The summed E-state index contributed by atoms with van der Waals surface area (Å²) in [5.74, 6) is 3.50. The van der Waals surface area contributed by atoms with Crippen molar-refractivity contribution < 1.29 is 23.1 Å². The number of carboxylic acid groups (broad SMARTS) is 1. The summed E-state index contributed by atoms with van der Waals surface area (Å²) in [4.78, 5) is 27.4. The highest BCUT2D eigenvalue weighted by Gasteiger charge is 2.71. The van der Waals surface area contributed by atoms with E-state index in [1.54, 1.807) is 12.1 Å². The average molecular weight is 709 g/mol. The zero-order valence-electron chi connectivity index (χ0n) is 31.9. The molecular weight excluding hydrogens is 645 g/mol. The van der Waals surface area contributed by atoms with E-state index in [0.29, 0.717) is 66.6 Å². The van der Waals surface area contributed by atoms with Gasteiger partial charge in [-0.25, -0.2) is 13.2 Å². The number of carbonyl (C=O) groups excluding carboxylic acids is 1. The summed E-state index contributed by atoms with van der Waals surface area (Å²) in [6, 6.07) is 7.74. The normalized spacial score (nSPS) is 43.6. The van der Waals surface area contributed by atoms with E-state index in [2.05, 4.69) is 65.9 Å². The zero-order valence-corrected chi connectivity index (χ0v) is 32.7. The Morgan fingerprint density at radius 3 is 2.16 bits per heavy atom. The SMILES string of the molecule is CC(C)[C@@H]1CC[C@]2(NC(=O)CN3CCS(=O)(=O)CC3)CC[C@]3(C)[C@H](CC[C@@H]4[C@@]5(C)CC[C@H](c6ccc(C(=O)O)cc6)C(C)(C)[C@@H]5CC[C@]43C)[C@@H]12. The van der Waals surface area contributed by atoms with Gasteiger partial charge in [0.25, 0.3) is 0 Å². The molecule has 1 saturated heterocycles. The zero-order chi connectivity index (χ0) is 36.1. The molecule has 0 spiro atoms. The summed E-state index contributed by atoms with van der Waals surface area (Å²) in [6.07, 6.45) is 11.9. The van der Waals surface area contributed by atoms with E-state index >= 15 is 0 Å². The molecule has 1 aliphatic heterocycles. The Balaban J connectivity index is 1.14. The molecule has 6 fully saturated rings. The van der Waals surface area contributed by atoms with Gasteiger partial charge in [-0.2, -0.15) is 0 Å². The number of hydrogen-bond donors (Lipinski definition) is 2. The maximum absolute atomic E-state index is 13.8. The summed E-state index contributed by atoms with van der Waals surface area (Å²) in [5.41, 5.74) is 2.35. The fourth-order valence-corrected chi connectivity index (χ4v) is 15.8. The molecule has 1 aromatic carbocycles. The maximum Gasteiger partial charge on any atom is 0.335 e. The molecule has 8 heteroatoms. The monoisotopic (exact) mass is 708 g/mol. The fraction of sp³-hybridized carbons (Fsp3) is 0.810. The van der Waals surface area contributed by atoms with Crippen molar-refractivity contribution in [3.8, 4) is 0 Å². The minimum absolute atomic E-state index is 0.0896. The molecule has 10 atom stereocenters. The van der Waals surface area contributed by atoms with E-state index in [1.165, 1.54) is 44.1 Å². The first-order chi connectivity index (χ1) is 23.4. The number of rotatable bonds is 6. The number of nitrogens with one attached hydrogen (secondary N) is 1. The minimum Gasteiger partial charge on any atom is -0.478 e. The van der Waals surface area contributed by atoms with Gasteiger partial charge in [-0.3, -0.25) is 9.69 Å². The molecule has 2 N–H and O–H groups in total. The first kappa shape index (κ1) is 36.4. The van der Waals surface area contributed by atoms with Crippen molar-refractivity contribution in [1.82, 2.24) is 10.2 Å². The van der Waals surface area contributed by atoms with E-state index < -0.39 is 15.8 Å². The second-order valence-corrected chi connectivity index (χ2v) is 21.9. The predicted octanol–water partition coefficient (Wildman–Crippen LogP) is 7.80. The summed E-state index contributed by atoms with van der Waals surface area (Å²) in [6.45, 7) is 19.0. The lowest BCUT2D eigenvalue weighted by Crippen LogP contribution is -2.69. The lowest BCUT2D eigenvalue weighted by molar-refractivity contribution is -0.235. The molecule has 7 rings (SSSR count). The van der Waals surface area contributed by atoms with Crippen LogP contribution in [0.1, 0.15) is 135 Å². The number of fused-ring (bicyclic) bond motifs is 7. The van der Waals surface area contributed by atoms with Crippen LogP contribution in [0.25, 0.3) is 0 Å². The van der Waals surface area contributed by atoms with Crippen molar-refractivity contribution in [3.63, 3.8) is 0 Å². The maximum atomic E-state index is 13.8. The average Bonchev–Trinajstić information content (AvgIpc) is 3.42. The third-order valence-corrected chi connectivity index (χ3v) is 18.7. The fourth-order valence-electron chi connectivity index (χ4n) is 14.5. The van der Waals surface area contributed by atoms with Crippen LogP contribution in [0.5, 0.6) is 0 Å². The molecule has 6 aliphatic rings. The summed E-state index contributed by atoms with van der Waals surface area (Å²) < 4.78 is 24.1. The van der Waals surface area contributed by atoms with Gasteiger partial charge < -0.3 is 10.4 Å². The lowest BCUT2D eigenvalue weighted by Gasteiger charge is -2.73. The van der Waals surface area contributed by atoms with Crippen molar-refractivity contribution >= 4 is 21.7 Å². The molecule has 0 aromatic heterocycles. The molecule has 50 heavy (non-hydrogen) atoms. The molecule has 278 valence electrons. The first-order valence-corrected chi connectivity index (χ1v) is 21.8. The second kappa shape index (κ2) is 12.3. The summed E-state index contributed by atoms with van der Waals surface area (Å²) in [5, 5.41) is 13.2. The van der Waals surface area contributed by atoms with Crippen LogP contribution in [0.2, 0.25) is 0 Å². The largest absolute Gasteiger partial charge is 0.478 e. The summed E-state index contributed by atoms with van der Waals surface area (Å²) >= 11 is 0. The van der Waals surface area contributed by atoms with Gasteiger partial charge in [-0.05, 0) is 145 Å². The third-order valence-electron chi connectivity index (χ3n) is 17.1. The highest BCUT2D eigenvalue weighted by molar-refractivity contribution is 7.91. The van der Waals surface area contributed by atoms with Gasteiger partial charge in [0.15, 0.2) is 9.84 Å². The van der Waals surface area contributed by atoms with Crippen LogP contribution < -0.4 is 5.32 Å². The number of aromatic carboxylic acids is 1. The van der Waals surface area contributed by atoms with Crippen LogP contribution in [0.3, 0.4) is 0 Å². The van der Waals surface area contributed by atoms with E-state index in [9.17, 15) is 23.1 Å². The number of benzene rings is 1. The molecule has 1 heterocycles. The van der Waals surface area contributed by atoms with Crippen LogP contribution in [0.15, 0.2) is 24.3 Å². The Hall–Kier alpha value is -1.93. The third kappa shape index (κ3) is 5.53. The van der Waals surface area contributed by atoms with Crippen LogP contribution in [0.4, 0.5) is 0 Å².